The van der Waals surface area contributed by atoms with Gasteiger partial charge < -0.3 is 4.90 Å². The van der Waals surface area contributed by atoms with E-state index in [0.717, 1.165) is 12.0 Å². The SMILES string of the molecule is CCCC(=O)N1CCCN(S(=O)(=O)Cc2ccccc2)CC1. The minimum atomic E-state index is -3.33. The van der Waals surface area contributed by atoms with Crippen molar-refractivity contribution in [3.63, 3.8) is 0 Å². The number of rotatable bonds is 5. The van der Waals surface area contributed by atoms with Crippen molar-refractivity contribution in [2.24, 2.45) is 0 Å². The fourth-order valence-electron chi connectivity index (χ4n) is 2.67. The third-order valence-corrected chi connectivity index (χ3v) is 5.71. The van der Waals surface area contributed by atoms with Gasteiger partial charge >= 0.3 is 0 Å². The predicted molar refractivity (Wildman–Crippen MR) is 86.7 cm³/mol. The van der Waals surface area contributed by atoms with Crippen LogP contribution in [0.1, 0.15) is 31.7 Å². The molecule has 2 rings (SSSR count). The number of hydrogen-bond acceptors (Lipinski definition) is 3. The molecular weight excluding hydrogens is 300 g/mol. The molecule has 0 spiro atoms. The molecule has 1 aliphatic heterocycles. The predicted octanol–water partition coefficient (Wildman–Crippen LogP) is 1.85. The van der Waals surface area contributed by atoms with Crippen LogP contribution >= 0.6 is 0 Å². The van der Waals surface area contributed by atoms with Gasteiger partial charge in [-0.15, -0.1) is 0 Å². The van der Waals surface area contributed by atoms with Gasteiger partial charge in [0.05, 0.1) is 5.75 Å². The molecule has 0 unspecified atom stereocenters. The Hall–Kier alpha value is -1.40. The smallest absolute Gasteiger partial charge is 0.222 e. The fourth-order valence-corrected chi connectivity index (χ4v) is 4.23. The first-order valence-corrected chi connectivity index (χ1v) is 9.43. The van der Waals surface area contributed by atoms with Crippen molar-refractivity contribution in [3.05, 3.63) is 35.9 Å². The van der Waals surface area contributed by atoms with Crippen LogP contribution in [-0.4, -0.2) is 49.7 Å². The molecule has 0 bridgehead atoms. The van der Waals surface area contributed by atoms with Crippen LogP contribution in [0.2, 0.25) is 0 Å². The zero-order valence-electron chi connectivity index (χ0n) is 13.1. The minimum Gasteiger partial charge on any atom is -0.341 e. The van der Waals surface area contributed by atoms with E-state index in [0.29, 0.717) is 39.0 Å². The molecule has 1 aliphatic rings. The summed E-state index contributed by atoms with van der Waals surface area (Å²) in [6.45, 7) is 4.01. The molecule has 0 N–H and O–H groups in total. The van der Waals surface area contributed by atoms with Crippen molar-refractivity contribution in [3.8, 4) is 0 Å². The third-order valence-electron chi connectivity index (χ3n) is 3.86. The number of carbonyl (C=O) groups excluding carboxylic acids is 1. The standard InChI is InChI=1S/C16H24N2O3S/c1-2-7-16(19)17-10-6-11-18(13-12-17)22(20,21)14-15-8-4-3-5-9-15/h3-5,8-9H,2,6-7,10-14H2,1H3. The van der Waals surface area contributed by atoms with E-state index in [2.05, 4.69) is 0 Å². The Morgan fingerprint density at radius 3 is 2.50 bits per heavy atom. The molecule has 0 radical (unpaired) electrons. The summed E-state index contributed by atoms with van der Waals surface area (Å²) in [6.07, 6.45) is 2.06. The van der Waals surface area contributed by atoms with Gasteiger partial charge in [0.1, 0.15) is 0 Å². The monoisotopic (exact) mass is 324 g/mol. The molecule has 1 heterocycles. The Morgan fingerprint density at radius 1 is 1.09 bits per heavy atom. The van der Waals surface area contributed by atoms with Crippen LogP contribution in [-0.2, 0) is 20.6 Å². The van der Waals surface area contributed by atoms with Gasteiger partial charge in [-0.3, -0.25) is 4.79 Å². The maximum atomic E-state index is 12.5. The van der Waals surface area contributed by atoms with E-state index in [1.807, 2.05) is 37.3 Å². The van der Waals surface area contributed by atoms with Gasteiger partial charge in [-0.2, -0.15) is 4.31 Å². The Morgan fingerprint density at radius 2 is 1.82 bits per heavy atom. The second-order valence-electron chi connectivity index (χ2n) is 5.63. The zero-order valence-corrected chi connectivity index (χ0v) is 13.9. The van der Waals surface area contributed by atoms with Crippen LogP contribution in [0.5, 0.6) is 0 Å². The van der Waals surface area contributed by atoms with Crippen LogP contribution in [0.25, 0.3) is 0 Å². The third kappa shape index (κ3) is 4.55. The van der Waals surface area contributed by atoms with Crippen molar-refractivity contribution in [2.45, 2.75) is 31.9 Å². The van der Waals surface area contributed by atoms with E-state index in [4.69, 9.17) is 0 Å². The number of amides is 1. The van der Waals surface area contributed by atoms with Crippen molar-refractivity contribution < 1.29 is 13.2 Å². The van der Waals surface area contributed by atoms with Crippen LogP contribution in [0.4, 0.5) is 0 Å². The molecule has 5 nitrogen and oxygen atoms in total. The first kappa shape index (κ1) is 17.0. The average molecular weight is 324 g/mol. The fraction of sp³-hybridized carbons (Fsp3) is 0.562. The van der Waals surface area contributed by atoms with Gasteiger partial charge in [0, 0.05) is 32.6 Å². The molecule has 122 valence electrons. The quantitative estimate of drug-likeness (QED) is 0.830. The molecule has 22 heavy (non-hydrogen) atoms. The Bertz CT molecular complexity index is 587. The number of nitrogens with zero attached hydrogens (tertiary/aromatic N) is 2. The van der Waals surface area contributed by atoms with Crippen molar-refractivity contribution >= 4 is 15.9 Å². The van der Waals surface area contributed by atoms with Crippen LogP contribution < -0.4 is 0 Å². The van der Waals surface area contributed by atoms with Gasteiger partial charge in [-0.05, 0) is 18.4 Å². The summed E-state index contributed by atoms with van der Waals surface area (Å²) in [6, 6.07) is 9.22. The van der Waals surface area contributed by atoms with E-state index < -0.39 is 10.0 Å². The van der Waals surface area contributed by atoms with E-state index in [9.17, 15) is 13.2 Å². The van der Waals surface area contributed by atoms with Crippen molar-refractivity contribution in [1.29, 1.82) is 0 Å². The molecule has 0 aliphatic carbocycles. The molecule has 0 aromatic heterocycles. The van der Waals surface area contributed by atoms with Crippen molar-refractivity contribution in [1.82, 2.24) is 9.21 Å². The van der Waals surface area contributed by atoms with Gasteiger partial charge in [-0.1, -0.05) is 37.3 Å². The molecule has 0 saturated carbocycles. The second-order valence-corrected chi connectivity index (χ2v) is 7.59. The molecule has 6 heteroatoms. The summed E-state index contributed by atoms with van der Waals surface area (Å²) in [5, 5.41) is 0. The number of sulfonamides is 1. The summed E-state index contributed by atoms with van der Waals surface area (Å²) >= 11 is 0. The lowest BCUT2D eigenvalue weighted by Gasteiger charge is -2.22. The Balaban J connectivity index is 1.99. The van der Waals surface area contributed by atoms with Crippen molar-refractivity contribution in [2.75, 3.05) is 26.2 Å². The highest BCUT2D eigenvalue weighted by molar-refractivity contribution is 7.88. The van der Waals surface area contributed by atoms with E-state index >= 15 is 0 Å². The molecule has 1 saturated heterocycles. The summed E-state index contributed by atoms with van der Waals surface area (Å²) in [5.41, 5.74) is 0.797. The largest absolute Gasteiger partial charge is 0.341 e. The molecule has 1 aromatic carbocycles. The number of benzene rings is 1. The van der Waals surface area contributed by atoms with Gasteiger partial charge in [0.2, 0.25) is 15.9 Å². The van der Waals surface area contributed by atoms with E-state index in [1.54, 1.807) is 4.90 Å². The van der Waals surface area contributed by atoms with Crippen LogP contribution in [0.15, 0.2) is 30.3 Å². The summed E-state index contributed by atoms with van der Waals surface area (Å²) < 4.78 is 26.6. The summed E-state index contributed by atoms with van der Waals surface area (Å²) in [7, 11) is -3.33. The highest BCUT2D eigenvalue weighted by atomic mass is 32.2. The lowest BCUT2D eigenvalue weighted by atomic mass is 10.2. The van der Waals surface area contributed by atoms with E-state index in [1.165, 1.54) is 4.31 Å². The van der Waals surface area contributed by atoms with Gasteiger partial charge in [0.25, 0.3) is 0 Å². The highest BCUT2D eigenvalue weighted by Crippen LogP contribution is 2.14. The molecule has 1 fully saturated rings. The topological polar surface area (TPSA) is 57.7 Å². The molecule has 0 atom stereocenters. The molecular formula is C16H24N2O3S. The summed E-state index contributed by atoms with van der Waals surface area (Å²) in [4.78, 5) is 13.7. The summed E-state index contributed by atoms with van der Waals surface area (Å²) in [5.74, 6) is 0.154. The maximum absolute atomic E-state index is 12.5. The van der Waals surface area contributed by atoms with Crippen LogP contribution in [0, 0.1) is 0 Å². The Labute approximate surface area is 133 Å². The van der Waals surface area contributed by atoms with Gasteiger partial charge in [-0.25, -0.2) is 8.42 Å². The zero-order chi connectivity index (χ0) is 16.0. The normalized spacial score (nSPS) is 17.2. The average Bonchev–Trinajstić information content (AvgIpc) is 2.74. The van der Waals surface area contributed by atoms with Gasteiger partial charge in [0.15, 0.2) is 0 Å². The number of hydrogen-bond donors (Lipinski definition) is 0. The maximum Gasteiger partial charge on any atom is 0.222 e. The minimum absolute atomic E-state index is 0.0246. The van der Waals surface area contributed by atoms with Crippen LogP contribution in [0.3, 0.4) is 0 Å². The first-order valence-electron chi connectivity index (χ1n) is 7.82. The number of carbonyl (C=O) groups is 1. The lowest BCUT2D eigenvalue weighted by Crippen LogP contribution is -2.37. The first-order chi connectivity index (χ1) is 10.5. The molecule has 1 amide bonds. The Kier molecular flexibility index (Phi) is 5.97. The lowest BCUT2D eigenvalue weighted by molar-refractivity contribution is -0.131. The molecule has 1 aromatic rings. The van der Waals surface area contributed by atoms with E-state index in [-0.39, 0.29) is 11.7 Å². The highest BCUT2D eigenvalue weighted by Gasteiger charge is 2.26. The second kappa shape index (κ2) is 7.74.